The lowest BCUT2D eigenvalue weighted by molar-refractivity contribution is -0.137. The number of carbonyl (C=O) groups is 4. The van der Waals surface area contributed by atoms with Crippen LogP contribution in [0.15, 0.2) is 24.3 Å². The number of halogens is 2. The molecule has 1 saturated heterocycles. The fourth-order valence-electron chi connectivity index (χ4n) is 6.00. The Hall–Kier alpha value is -3.31. The molecule has 4 rings (SSSR count). The van der Waals surface area contributed by atoms with Gasteiger partial charge in [0.25, 0.3) is 0 Å². The van der Waals surface area contributed by atoms with Crippen LogP contribution >= 0.6 is 11.6 Å². The van der Waals surface area contributed by atoms with Gasteiger partial charge in [-0.1, -0.05) is 43.9 Å². The molecule has 1 aromatic carbocycles. The molecule has 12 heteroatoms. The molecule has 2 aromatic rings. The Balaban J connectivity index is 1.47. The molecule has 0 unspecified atom stereocenters. The number of rotatable bonds is 11. The third kappa shape index (κ3) is 8.63. The van der Waals surface area contributed by atoms with Crippen molar-refractivity contribution < 1.29 is 23.6 Å². The van der Waals surface area contributed by atoms with Gasteiger partial charge in [-0.2, -0.15) is 5.10 Å². The number of carbonyl (C=O) groups excluding carboxylic acids is 4. The number of amides is 3. The van der Waals surface area contributed by atoms with E-state index < -0.39 is 23.7 Å². The van der Waals surface area contributed by atoms with Crippen molar-refractivity contribution in [3.63, 3.8) is 0 Å². The van der Waals surface area contributed by atoms with E-state index in [1.54, 1.807) is 24.9 Å². The smallest absolute Gasteiger partial charge is 0.245 e. The number of hydrogen-bond acceptors (Lipinski definition) is 6. The molecule has 3 amide bonds. The summed E-state index contributed by atoms with van der Waals surface area (Å²) in [5, 5.41) is 9.75. The Bertz CT molecular complexity index is 1320. The third-order valence-electron chi connectivity index (χ3n) is 8.60. The maximum atomic E-state index is 15.4. The van der Waals surface area contributed by atoms with E-state index in [0.29, 0.717) is 24.3 Å². The summed E-state index contributed by atoms with van der Waals surface area (Å²) in [5.74, 6) is -2.36. The van der Waals surface area contributed by atoms with E-state index in [9.17, 15) is 19.2 Å². The highest BCUT2D eigenvalue weighted by Crippen LogP contribution is 2.34. The van der Waals surface area contributed by atoms with Crippen molar-refractivity contribution in [3.8, 4) is 0 Å². The number of benzene rings is 1. The molecule has 234 valence electrons. The predicted octanol–water partition coefficient (Wildman–Crippen LogP) is 3.83. The number of anilines is 1. The molecule has 2 atom stereocenters. The van der Waals surface area contributed by atoms with E-state index in [0.717, 1.165) is 45.2 Å². The van der Waals surface area contributed by atoms with Crippen LogP contribution in [0.4, 0.5) is 10.1 Å². The van der Waals surface area contributed by atoms with Gasteiger partial charge in [-0.05, 0) is 43.5 Å². The quantitative estimate of drug-likeness (QED) is 0.371. The zero-order valence-electron chi connectivity index (χ0n) is 25.2. The Kier molecular flexibility index (Phi) is 11.3. The Morgan fingerprint density at radius 1 is 1.05 bits per heavy atom. The van der Waals surface area contributed by atoms with Crippen LogP contribution in [-0.2, 0) is 27.9 Å². The molecule has 2 aliphatic rings. The summed E-state index contributed by atoms with van der Waals surface area (Å²) in [7, 11) is 3.62. The van der Waals surface area contributed by atoms with Gasteiger partial charge in [-0.25, -0.2) is 4.39 Å². The fourth-order valence-corrected chi connectivity index (χ4v) is 6.22. The standard InChI is InChI=1S/C31H42ClFN6O4/c1-4-29(41)34-25(31(43)39-14-12-37(2)13-15-39)17-20-10-11-24(23(33)16-20)35-30(42)22(21-8-6-5-7-9-21)18-27(40)26-19-28(32)36-38(26)3/h10-11,16,19,21-22,25H,4-9,12-15,17-18H2,1-3H3,(H,34,41)(H,35,42)/t22-,25+/m0/s1. The first-order chi connectivity index (χ1) is 20.5. The average molecular weight is 617 g/mol. The van der Waals surface area contributed by atoms with Gasteiger partial charge in [0, 0.05) is 64.5 Å². The highest BCUT2D eigenvalue weighted by Gasteiger charge is 2.33. The lowest BCUT2D eigenvalue weighted by Crippen LogP contribution is -2.54. The SMILES string of the molecule is CCC(=O)N[C@H](Cc1ccc(NC(=O)[C@@H](CC(=O)c2cc(Cl)nn2C)C2CCCCC2)c(F)c1)C(=O)N1CCN(C)CC1. The minimum Gasteiger partial charge on any atom is -0.344 e. The number of likely N-dealkylation sites (N-methyl/N-ethyl adjacent to an activating group) is 1. The lowest BCUT2D eigenvalue weighted by Gasteiger charge is -2.34. The van der Waals surface area contributed by atoms with Crippen LogP contribution in [0.3, 0.4) is 0 Å². The first kappa shape index (κ1) is 32.6. The summed E-state index contributed by atoms with van der Waals surface area (Å²) in [5.41, 5.74) is 0.849. The van der Waals surface area contributed by atoms with Crippen molar-refractivity contribution in [1.29, 1.82) is 0 Å². The van der Waals surface area contributed by atoms with Gasteiger partial charge >= 0.3 is 0 Å². The molecular formula is C31H42ClFN6O4. The zero-order chi connectivity index (χ0) is 31.1. The number of ketones is 1. The Morgan fingerprint density at radius 2 is 1.74 bits per heavy atom. The van der Waals surface area contributed by atoms with Crippen molar-refractivity contribution in [2.45, 2.75) is 64.3 Å². The number of nitrogens with one attached hydrogen (secondary N) is 2. The molecule has 0 bridgehead atoms. The van der Waals surface area contributed by atoms with Crippen molar-refractivity contribution >= 4 is 40.8 Å². The molecule has 10 nitrogen and oxygen atoms in total. The van der Waals surface area contributed by atoms with Gasteiger partial charge in [-0.3, -0.25) is 23.9 Å². The first-order valence-electron chi connectivity index (χ1n) is 15.1. The zero-order valence-corrected chi connectivity index (χ0v) is 26.0. The summed E-state index contributed by atoms with van der Waals surface area (Å²) >= 11 is 5.97. The number of piperazine rings is 1. The molecule has 1 aliphatic heterocycles. The molecule has 1 aromatic heterocycles. The monoisotopic (exact) mass is 616 g/mol. The summed E-state index contributed by atoms with van der Waals surface area (Å²) in [6.45, 7) is 4.32. The van der Waals surface area contributed by atoms with E-state index >= 15 is 4.39 Å². The highest BCUT2D eigenvalue weighted by atomic mass is 35.5. The van der Waals surface area contributed by atoms with Crippen LogP contribution in [0.5, 0.6) is 0 Å². The van der Waals surface area contributed by atoms with E-state index in [2.05, 4.69) is 20.6 Å². The molecule has 1 saturated carbocycles. The fraction of sp³-hybridized carbons (Fsp3) is 0.581. The van der Waals surface area contributed by atoms with Crippen LogP contribution in [0.1, 0.15) is 67.9 Å². The van der Waals surface area contributed by atoms with Gasteiger partial charge in [0.1, 0.15) is 17.6 Å². The summed E-state index contributed by atoms with van der Waals surface area (Å²) in [4.78, 5) is 56.1. The van der Waals surface area contributed by atoms with E-state index in [4.69, 9.17) is 11.6 Å². The van der Waals surface area contributed by atoms with Crippen molar-refractivity contribution in [2.24, 2.45) is 18.9 Å². The van der Waals surface area contributed by atoms with Crippen LogP contribution in [0.2, 0.25) is 5.15 Å². The number of hydrogen-bond donors (Lipinski definition) is 2. The molecule has 2 heterocycles. The van der Waals surface area contributed by atoms with Gasteiger partial charge in [-0.15, -0.1) is 0 Å². The maximum Gasteiger partial charge on any atom is 0.245 e. The Labute approximate surface area is 257 Å². The molecule has 0 radical (unpaired) electrons. The lowest BCUT2D eigenvalue weighted by atomic mass is 9.77. The first-order valence-corrected chi connectivity index (χ1v) is 15.5. The molecule has 43 heavy (non-hydrogen) atoms. The molecule has 1 aliphatic carbocycles. The number of nitrogens with zero attached hydrogens (tertiary/aromatic N) is 4. The van der Waals surface area contributed by atoms with E-state index in [1.807, 2.05) is 7.05 Å². The molecule has 2 fully saturated rings. The Morgan fingerprint density at radius 3 is 2.35 bits per heavy atom. The van der Waals surface area contributed by atoms with E-state index in [-0.39, 0.29) is 53.6 Å². The second-order valence-corrected chi connectivity index (χ2v) is 12.1. The summed E-state index contributed by atoms with van der Waals surface area (Å²) in [6, 6.07) is 5.08. The third-order valence-corrected chi connectivity index (χ3v) is 8.78. The highest BCUT2D eigenvalue weighted by molar-refractivity contribution is 6.29. The summed E-state index contributed by atoms with van der Waals surface area (Å²) < 4.78 is 16.8. The predicted molar refractivity (Wildman–Crippen MR) is 162 cm³/mol. The minimum absolute atomic E-state index is 0.00474. The van der Waals surface area contributed by atoms with Gasteiger partial charge in [0.2, 0.25) is 17.7 Å². The minimum atomic E-state index is -0.821. The largest absolute Gasteiger partial charge is 0.344 e. The van der Waals surface area contributed by atoms with Crippen molar-refractivity contribution in [2.75, 3.05) is 38.5 Å². The average Bonchev–Trinajstić information content (AvgIpc) is 3.34. The van der Waals surface area contributed by atoms with Crippen LogP contribution in [-0.4, -0.2) is 82.4 Å². The van der Waals surface area contributed by atoms with Gasteiger partial charge in [0.15, 0.2) is 10.9 Å². The van der Waals surface area contributed by atoms with Crippen molar-refractivity contribution in [1.82, 2.24) is 24.9 Å². The topological polar surface area (TPSA) is 117 Å². The van der Waals surface area contributed by atoms with E-state index in [1.165, 1.54) is 22.9 Å². The molecule has 2 N–H and O–H groups in total. The van der Waals surface area contributed by atoms with Crippen LogP contribution in [0, 0.1) is 17.7 Å². The maximum absolute atomic E-state index is 15.4. The van der Waals surface area contributed by atoms with Crippen LogP contribution < -0.4 is 10.6 Å². The number of Topliss-reactive ketones (excluding diaryl/α,β-unsaturated/α-hetero) is 1. The van der Waals surface area contributed by atoms with Crippen LogP contribution in [0.25, 0.3) is 0 Å². The second kappa shape index (κ2) is 14.9. The van der Waals surface area contributed by atoms with Gasteiger partial charge in [0.05, 0.1) is 5.69 Å². The second-order valence-electron chi connectivity index (χ2n) is 11.7. The molecule has 0 spiro atoms. The number of aromatic nitrogens is 2. The summed E-state index contributed by atoms with van der Waals surface area (Å²) in [6.07, 6.45) is 5.01. The normalized spacial score (nSPS) is 17.7. The number of aryl methyl sites for hydroxylation is 1. The van der Waals surface area contributed by atoms with Crippen molar-refractivity contribution in [3.05, 3.63) is 46.5 Å². The molecular weight excluding hydrogens is 575 g/mol. The van der Waals surface area contributed by atoms with Gasteiger partial charge < -0.3 is 20.4 Å².